The highest BCUT2D eigenvalue weighted by atomic mass is 32.1. The van der Waals surface area contributed by atoms with Gasteiger partial charge in [-0.1, -0.05) is 13.3 Å². The van der Waals surface area contributed by atoms with Crippen LogP contribution in [0.3, 0.4) is 0 Å². The summed E-state index contributed by atoms with van der Waals surface area (Å²) in [6.45, 7) is 3.11. The number of amides is 1. The van der Waals surface area contributed by atoms with Crippen LogP contribution in [0, 0.1) is 5.41 Å². The van der Waals surface area contributed by atoms with Crippen LogP contribution in [0.2, 0.25) is 0 Å². The number of nitrogens with two attached hydrogens (primary N) is 2. The molecule has 18 heavy (non-hydrogen) atoms. The summed E-state index contributed by atoms with van der Waals surface area (Å²) in [6.07, 6.45) is 3.74. The lowest BCUT2D eigenvalue weighted by molar-refractivity contribution is 0.100. The zero-order valence-corrected chi connectivity index (χ0v) is 11.5. The Kier molecular flexibility index (Phi) is 3.38. The highest BCUT2D eigenvalue weighted by Crippen LogP contribution is 2.45. The van der Waals surface area contributed by atoms with Gasteiger partial charge in [0.2, 0.25) is 0 Å². The molecule has 1 aliphatic carbocycles. The van der Waals surface area contributed by atoms with E-state index >= 15 is 0 Å². The fourth-order valence-corrected chi connectivity index (χ4v) is 3.12. The molecule has 6 heteroatoms. The van der Waals surface area contributed by atoms with Gasteiger partial charge in [0.15, 0.2) is 5.75 Å². The molecule has 100 valence electrons. The lowest BCUT2D eigenvalue weighted by Gasteiger charge is -2.38. The Morgan fingerprint density at radius 3 is 2.67 bits per heavy atom. The molecule has 0 spiro atoms. The fraction of sp³-hybridized carbons (Fsp3) is 0.583. The maximum Gasteiger partial charge on any atom is 0.261 e. The minimum atomic E-state index is -0.515. The van der Waals surface area contributed by atoms with E-state index in [2.05, 4.69) is 12.2 Å². The highest BCUT2D eigenvalue weighted by molar-refractivity contribution is 7.19. The number of nitrogen functional groups attached to an aromatic ring is 1. The molecule has 0 atom stereocenters. The normalized spacial score (nSPS) is 17.0. The van der Waals surface area contributed by atoms with Crippen LogP contribution in [0.4, 0.5) is 10.7 Å². The average molecular weight is 269 g/mol. The summed E-state index contributed by atoms with van der Waals surface area (Å²) in [4.78, 5) is 11.6. The number of ether oxygens (including phenoxy) is 1. The molecule has 1 heterocycles. The smallest absolute Gasteiger partial charge is 0.261 e. The van der Waals surface area contributed by atoms with Crippen LogP contribution < -0.4 is 21.5 Å². The zero-order chi connectivity index (χ0) is 13.3. The van der Waals surface area contributed by atoms with E-state index in [-0.39, 0.29) is 0 Å². The summed E-state index contributed by atoms with van der Waals surface area (Å²) in [7, 11) is 1.54. The summed E-state index contributed by atoms with van der Waals surface area (Å²) in [5.41, 5.74) is 11.8. The third-order valence-corrected chi connectivity index (χ3v) is 4.72. The molecule has 1 aromatic rings. The van der Waals surface area contributed by atoms with Crippen molar-refractivity contribution >= 4 is 27.9 Å². The Bertz CT molecular complexity index is 466. The number of carbonyl (C=O) groups is 1. The molecule has 1 fully saturated rings. The van der Waals surface area contributed by atoms with Crippen LogP contribution in [0.5, 0.6) is 5.75 Å². The molecule has 1 aromatic heterocycles. The third-order valence-electron chi connectivity index (χ3n) is 3.56. The molecule has 2 rings (SSSR count). The van der Waals surface area contributed by atoms with Crippen molar-refractivity contribution in [2.75, 3.05) is 24.7 Å². The van der Waals surface area contributed by atoms with Gasteiger partial charge in [-0.2, -0.15) is 0 Å². The van der Waals surface area contributed by atoms with Gasteiger partial charge >= 0.3 is 0 Å². The number of hydrogen-bond acceptors (Lipinski definition) is 5. The molecule has 0 aliphatic heterocycles. The zero-order valence-electron chi connectivity index (χ0n) is 10.7. The van der Waals surface area contributed by atoms with Crippen molar-refractivity contribution < 1.29 is 9.53 Å². The topological polar surface area (TPSA) is 90.4 Å². The van der Waals surface area contributed by atoms with Gasteiger partial charge in [-0.3, -0.25) is 4.79 Å². The number of hydrogen-bond donors (Lipinski definition) is 3. The van der Waals surface area contributed by atoms with Gasteiger partial charge in [0.1, 0.15) is 15.6 Å². The van der Waals surface area contributed by atoms with Crippen LogP contribution in [0.15, 0.2) is 0 Å². The van der Waals surface area contributed by atoms with Crippen LogP contribution in [-0.4, -0.2) is 19.6 Å². The Labute approximate surface area is 110 Å². The summed E-state index contributed by atoms with van der Waals surface area (Å²) >= 11 is 1.26. The summed E-state index contributed by atoms with van der Waals surface area (Å²) in [5, 5.41) is 4.12. The summed E-state index contributed by atoms with van der Waals surface area (Å²) in [6, 6.07) is 0. The number of carbonyl (C=O) groups excluding carboxylic acids is 1. The number of thiophene rings is 1. The van der Waals surface area contributed by atoms with Crippen molar-refractivity contribution in [1.29, 1.82) is 0 Å². The predicted molar refractivity (Wildman–Crippen MR) is 74.2 cm³/mol. The van der Waals surface area contributed by atoms with Gasteiger partial charge in [-0.25, -0.2) is 0 Å². The van der Waals surface area contributed by atoms with E-state index in [4.69, 9.17) is 16.2 Å². The van der Waals surface area contributed by atoms with Gasteiger partial charge in [0.25, 0.3) is 5.91 Å². The maximum atomic E-state index is 11.2. The van der Waals surface area contributed by atoms with Gasteiger partial charge in [-0.15, -0.1) is 11.3 Å². The summed E-state index contributed by atoms with van der Waals surface area (Å²) < 4.78 is 5.24. The molecule has 0 radical (unpaired) electrons. The second-order valence-corrected chi connectivity index (χ2v) is 6.11. The van der Waals surface area contributed by atoms with E-state index < -0.39 is 5.91 Å². The fourth-order valence-electron chi connectivity index (χ4n) is 2.18. The van der Waals surface area contributed by atoms with E-state index in [1.54, 1.807) is 7.11 Å². The molecule has 0 bridgehead atoms. The first kappa shape index (κ1) is 13.0. The lowest BCUT2D eigenvalue weighted by atomic mass is 9.70. The average Bonchev–Trinajstić information content (AvgIpc) is 2.60. The SMILES string of the molecule is COc1c(NCC2(C)CCC2)sc(C(N)=O)c1N. The second kappa shape index (κ2) is 4.68. The molecule has 5 N–H and O–H groups in total. The van der Waals surface area contributed by atoms with Crippen molar-refractivity contribution in [3.05, 3.63) is 4.88 Å². The quantitative estimate of drug-likeness (QED) is 0.763. The number of nitrogens with one attached hydrogen (secondary N) is 1. The molecule has 0 unspecified atom stereocenters. The van der Waals surface area contributed by atoms with Crippen molar-refractivity contribution in [2.45, 2.75) is 26.2 Å². The number of methoxy groups -OCH3 is 1. The second-order valence-electron chi connectivity index (χ2n) is 5.09. The lowest BCUT2D eigenvalue weighted by Crippen LogP contribution is -2.33. The van der Waals surface area contributed by atoms with Crippen LogP contribution >= 0.6 is 11.3 Å². The van der Waals surface area contributed by atoms with Gasteiger partial charge in [0.05, 0.1) is 7.11 Å². The molecule has 0 aromatic carbocycles. The highest BCUT2D eigenvalue weighted by Gasteiger charge is 2.32. The predicted octanol–water partition coefficient (Wildman–Crippen LogP) is 2.04. The van der Waals surface area contributed by atoms with Crippen LogP contribution in [-0.2, 0) is 0 Å². The maximum absolute atomic E-state index is 11.2. The molecular formula is C12H19N3O2S. The first-order valence-electron chi connectivity index (χ1n) is 5.97. The molecular weight excluding hydrogens is 250 g/mol. The van der Waals surface area contributed by atoms with Gasteiger partial charge in [-0.05, 0) is 18.3 Å². The molecule has 1 saturated carbocycles. The minimum absolute atomic E-state index is 0.330. The number of anilines is 2. The molecule has 1 aliphatic rings. The number of rotatable bonds is 5. The first-order valence-corrected chi connectivity index (χ1v) is 6.78. The van der Waals surface area contributed by atoms with E-state index in [0.717, 1.165) is 11.5 Å². The minimum Gasteiger partial charge on any atom is -0.492 e. The molecule has 0 saturated heterocycles. The van der Waals surface area contributed by atoms with E-state index in [9.17, 15) is 4.79 Å². The first-order chi connectivity index (χ1) is 8.47. The Morgan fingerprint density at radius 2 is 2.22 bits per heavy atom. The van der Waals surface area contributed by atoms with E-state index in [1.165, 1.54) is 30.6 Å². The Balaban J connectivity index is 2.16. The number of primary amides is 1. The van der Waals surface area contributed by atoms with Gasteiger partial charge < -0.3 is 21.5 Å². The van der Waals surface area contributed by atoms with Crippen LogP contribution in [0.1, 0.15) is 35.9 Å². The summed E-state index contributed by atoms with van der Waals surface area (Å²) in [5.74, 6) is 0.00966. The monoisotopic (exact) mass is 269 g/mol. The van der Waals surface area contributed by atoms with E-state index in [0.29, 0.717) is 21.7 Å². The van der Waals surface area contributed by atoms with Crippen molar-refractivity contribution in [3.8, 4) is 5.75 Å². The van der Waals surface area contributed by atoms with Gasteiger partial charge in [0, 0.05) is 6.54 Å². The Morgan fingerprint density at radius 1 is 1.56 bits per heavy atom. The molecule has 1 amide bonds. The standard InChI is InChI=1S/C12H19N3O2S/c1-12(4-3-5-12)6-15-11-8(17-2)7(13)9(18-11)10(14)16/h15H,3-6,13H2,1-2H3,(H2,14,16). The van der Waals surface area contributed by atoms with Crippen molar-refractivity contribution in [2.24, 2.45) is 11.1 Å². The van der Waals surface area contributed by atoms with Crippen LogP contribution in [0.25, 0.3) is 0 Å². The van der Waals surface area contributed by atoms with E-state index in [1.807, 2.05) is 0 Å². The van der Waals surface area contributed by atoms with Crippen molar-refractivity contribution in [1.82, 2.24) is 0 Å². The van der Waals surface area contributed by atoms with Crippen molar-refractivity contribution in [3.63, 3.8) is 0 Å². The molecule has 5 nitrogen and oxygen atoms in total. The Hall–Kier alpha value is -1.43. The largest absolute Gasteiger partial charge is 0.492 e. The third kappa shape index (κ3) is 2.25.